The van der Waals surface area contributed by atoms with Crippen molar-refractivity contribution in [3.05, 3.63) is 53.2 Å². The van der Waals surface area contributed by atoms with Crippen molar-refractivity contribution in [1.29, 1.82) is 0 Å². The van der Waals surface area contributed by atoms with Crippen molar-refractivity contribution >= 4 is 11.8 Å². The molecule has 2 aromatic rings. The molecule has 0 saturated heterocycles. The minimum atomic E-state index is -0.205. The lowest BCUT2D eigenvalue weighted by molar-refractivity contribution is -0.142. The van der Waals surface area contributed by atoms with E-state index in [9.17, 15) is 4.79 Å². The number of anilines is 1. The third-order valence-electron chi connectivity index (χ3n) is 4.94. The first-order valence-corrected chi connectivity index (χ1v) is 9.32. The minimum Gasteiger partial charge on any atom is -0.493 e. The molecule has 1 aliphatic carbocycles. The van der Waals surface area contributed by atoms with Crippen molar-refractivity contribution in [2.45, 2.75) is 44.6 Å². The number of hydrogen-bond acceptors (Lipinski definition) is 5. The zero-order valence-electron chi connectivity index (χ0n) is 15.0. The molecule has 2 heterocycles. The predicted molar refractivity (Wildman–Crippen MR) is 99.6 cm³/mol. The summed E-state index contributed by atoms with van der Waals surface area (Å²) in [5, 5.41) is 3.37. The maximum atomic E-state index is 11.0. The van der Waals surface area contributed by atoms with Gasteiger partial charge in [0.05, 0.1) is 6.61 Å². The lowest BCUT2D eigenvalue weighted by Gasteiger charge is -2.17. The Hall–Kier alpha value is -2.56. The van der Waals surface area contributed by atoms with Crippen LogP contribution in [0.1, 0.15) is 42.5 Å². The Bertz CT molecular complexity index is 788. The summed E-state index contributed by atoms with van der Waals surface area (Å²) in [6.45, 7) is 3.07. The smallest absolute Gasteiger partial charge is 0.302 e. The van der Waals surface area contributed by atoms with E-state index in [1.165, 1.54) is 24.5 Å². The van der Waals surface area contributed by atoms with Crippen LogP contribution in [-0.4, -0.2) is 30.2 Å². The van der Waals surface area contributed by atoms with Crippen LogP contribution in [0.2, 0.25) is 0 Å². The molecule has 2 unspecified atom stereocenters. The van der Waals surface area contributed by atoms with Crippen molar-refractivity contribution in [2.24, 2.45) is 0 Å². The summed E-state index contributed by atoms with van der Waals surface area (Å²) in [6.07, 6.45) is 4.03. The van der Waals surface area contributed by atoms with Gasteiger partial charge in [-0.25, -0.2) is 4.98 Å². The minimum absolute atomic E-state index is 0.0444. The molecule has 5 nitrogen and oxygen atoms in total. The molecule has 136 valence electrons. The van der Waals surface area contributed by atoms with Gasteiger partial charge in [-0.3, -0.25) is 4.79 Å². The Morgan fingerprint density at radius 1 is 1.23 bits per heavy atom. The van der Waals surface area contributed by atoms with Gasteiger partial charge in [0.2, 0.25) is 0 Å². The Morgan fingerprint density at radius 3 is 2.88 bits per heavy atom. The summed E-state index contributed by atoms with van der Waals surface area (Å²) in [6, 6.07) is 12.4. The van der Waals surface area contributed by atoms with E-state index >= 15 is 0 Å². The van der Waals surface area contributed by atoms with Crippen LogP contribution in [0.15, 0.2) is 36.4 Å². The van der Waals surface area contributed by atoms with Crippen molar-refractivity contribution in [3.8, 4) is 5.75 Å². The van der Waals surface area contributed by atoms with Crippen LogP contribution in [-0.2, 0) is 22.4 Å². The van der Waals surface area contributed by atoms with Gasteiger partial charge >= 0.3 is 5.97 Å². The number of benzene rings is 1. The molecule has 0 spiro atoms. The van der Waals surface area contributed by atoms with E-state index in [1.807, 2.05) is 12.1 Å². The maximum absolute atomic E-state index is 11.0. The number of aromatic nitrogens is 1. The number of aryl methyl sites for hydroxylation is 1. The topological polar surface area (TPSA) is 60.5 Å². The van der Waals surface area contributed by atoms with Crippen LogP contribution in [0.3, 0.4) is 0 Å². The molecule has 1 fully saturated rings. The third-order valence-corrected chi connectivity index (χ3v) is 4.94. The van der Waals surface area contributed by atoms with Gasteiger partial charge in [0, 0.05) is 31.5 Å². The second-order valence-corrected chi connectivity index (χ2v) is 7.00. The average molecular weight is 352 g/mol. The number of rotatable bonds is 6. The first-order chi connectivity index (χ1) is 12.7. The Kier molecular flexibility index (Phi) is 4.78. The highest BCUT2D eigenvalue weighted by molar-refractivity contribution is 5.66. The first kappa shape index (κ1) is 16.9. The molecule has 0 amide bonds. The van der Waals surface area contributed by atoms with Crippen LogP contribution < -0.4 is 10.1 Å². The van der Waals surface area contributed by atoms with E-state index in [1.54, 1.807) is 0 Å². The number of esters is 1. The summed E-state index contributed by atoms with van der Waals surface area (Å²) in [5.74, 6) is 2.02. The summed E-state index contributed by atoms with van der Waals surface area (Å²) < 4.78 is 11.1. The molecule has 1 aromatic carbocycles. The van der Waals surface area contributed by atoms with Gasteiger partial charge in [0.15, 0.2) is 0 Å². The fraction of sp³-hybridized carbons (Fsp3) is 0.429. The number of carbonyl (C=O) groups is 1. The van der Waals surface area contributed by atoms with Crippen LogP contribution in [0.5, 0.6) is 5.75 Å². The molecule has 1 aromatic heterocycles. The normalized spacial score (nSPS) is 20.7. The lowest BCUT2D eigenvalue weighted by Crippen LogP contribution is -2.14. The van der Waals surface area contributed by atoms with Gasteiger partial charge in [0.25, 0.3) is 0 Å². The molecule has 2 atom stereocenters. The van der Waals surface area contributed by atoms with Gasteiger partial charge in [-0.05, 0) is 48.6 Å². The molecule has 1 aliphatic heterocycles. The highest BCUT2D eigenvalue weighted by Gasteiger charge is 2.41. The van der Waals surface area contributed by atoms with E-state index in [-0.39, 0.29) is 12.1 Å². The summed E-state index contributed by atoms with van der Waals surface area (Å²) in [5.41, 5.74) is 3.56. The molecular weight excluding hydrogens is 328 g/mol. The van der Waals surface area contributed by atoms with E-state index in [0.29, 0.717) is 12.5 Å². The quantitative estimate of drug-likeness (QED) is 0.807. The molecule has 2 aliphatic rings. The predicted octanol–water partition coefficient (Wildman–Crippen LogP) is 3.48. The van der Waals surface area contributed by atoms with Crippen molar-refractivity contribution in [1.82, 2.24) is 4.98 Å². The molecule has 4 rings (SSSR count). The zero-order chi connectivity index (χ0) is 17.9. The van der Waals surface area contributed by atoms with Crippen LogP contribution >= 0.6 is 0 Å². The lowest BCUT2D eigenvalue weighted by atomic mass is 10.1. The maximum Gasteiger partial charge on any atom is 0.302 e. The highest BCUT2D eigenvalue weighted by Crippen LogP contribution is 2.43. The Labute approximate surface area is 153 Å². The van der Waals surface area contributed by atoms with E-state index in [4.69, 9.17) is 9.47 Å². The van der Waals surface area contributed by atoms with Gasteiger partial charge < -0.3 is 14.8 Å². The highest BCUT2D eigenvalue weighted by atomic mass is 16.5. The standard InChI is InChI=1S/C21H24N2O3/c1-14(24)26-20-13-19(20)15-5-8-18(9-6-15)25-12-10-17-7-4-16-3-2-11-22-21(16)23-17/h4-9,19-20H,2-3,10-13H2,1H3,(H,22,23). The number of carbonyl (C=O) groups excluding carboxylic acids is 1. The average Bonchev–Trinajstić information content (AvgIpc) is 3.40. The number of pyridine rings is 1. The molecule has 0 bridgehead atoms. The molecular formula is C21H24N2O3. The fourth-order valence-electron chi connectivity index (χ4n) is 3.46. The van der Waals surface area contributed by atoms with Crippen LogP contribution in [0.4, 0.5) is 5.82 Å². The van der Waals surface area contributed by atoms with Crippen LogP contribution in [0.25, 0.3) is 0 Å². The van der Waals surface area contributed by atoms with E-state index < -0.39 is 0 Å². The van der Waals surface area contributed by atoms with Crippen molar-refractivity contribution in [2.75, 3.05) is 18.5 Å². The molecule has 0 radical (unpaired) electrons. The van der Waals surface area contributed by atoms with E-state index in [0.717, 1.165) is 43.1 Å². The van der Waals surface area contributed by atoms with Crippen LogP contribution in [0, 0.1) is 0 Å². The number of ether oxygens (including phenoxy) is 2. The first-order valence-electron chi connectivity index (χ1n) is 9.32. The number of hydrogen-bond donors (Lipinski definition) is 1. The van der Waals surface area contributed by atoms with Gasteiger partial charge in [-0.2, -0.15) is 0 Å². The summed E-state index contributed by atoms with van der Waals surface area (Å²) in [7, 11) is 0. The molecule has 5 heteroatoms. The molecule has 26 heavy (non-hydrogen) atoms. The fourth-order valence-corrected chi connectivity index (χ4v) is 3.46. The van der Waals surface area contributed by atoms with E-state index in [2.05, 4.69) is 34.6 Å². The van der Waals surface area contributed by atoms with Crippen molar-refractivity contribution < 1.29 is 14.3 Å². The second-order valence-electron chi connectivity index (χ2n) is 7.00. The summed E-state index contributed by atoms with van der Waals surface area (Å²) in [4.78, 5) is 15.7. The third kappa shape index (κ3) is 3.98. The van der Waals surface area contributed by atoms with Gasteiger partial charge in [0.1, 0.15) is 17.7 Å². The molecule has 1 saturated carbocycles. The largest absolute Gasteiger partial charge is 0.493 e. The Morgan fingerprint density at radius 2 is 2.08 bits per heavy atom. The summed E-state index contributed by atoms with van der Waals surface area (Å²) >= 11 is 0. The van der Waals surface area contributed by atoms with Gasteiger partial charge in [-0.1, -0.05) is 18.2 Å². The number of fused-ring (bicyclic) bond motifs is 1. The number of nitrogens with zero attached hydrogens (tertiary/aromatic N) is 1. The number of nitrogens with one attached hydrogen (secondary N) is 1. The van der Waals surface area contributed by atoms with Crippen molar-refractivity contribution in [3.63, 3.8) is 0 Å². The zero-order valence-corrected chi connectivity index (χ0v) is 15.0. The molecule has 1 N–H and O–H groups in total. The monoisotopic (exact) mass is 352 g/mol. The Balaban J connectivity index is 1.27. The second kappa shape index (κ2) is 7.36. The van der Waals surface area contributed by atoms with Gasteiger partial charge in [-0.15, -0.1) is 0 Å². The SMILES string of the molecule is CC(=O)OC1CC1c1ccc(OCCc2ccc3c(n2)NCCC3)cc1.